The van der Waals surface area contributed by atoms with Crippen LogP contribution >= 0.6 is 0 Å². The van der Waals surface area contributed by atoms with Crippen LogP contribution < -0.4 is 5.32 Å². The lowest BCUT2D eigenvalue weighted by Crippen LogP contribution is -2.46. The molecule has 1 aliphatic rings. The van der Waals surface area contributed by atoms with Crippen LogP contribution in [-0.2, 0) is 4.79 Å². The Kier molecular flexibility index (Phi) is 6.50. The van der Waals surface area contributed by atoms with E-state index in [4.69, 9.17) is 0 Å². The first-order valence-corrected chi connectivity index (χ1v) is 8.30. The van der Waals surface area contributed by atoms with Gasteiger partial charge in [0.2, 0.25) is 5.91 Å². The van der Waals surface area contributed by atoms with Gasteiger partial charge in [-0.1, -0.05) is 53.9 Å². The fraction of sp³-hybridized carbons (Fsp3) is 0.941. The molecule has 3 nitrogen and oxygen atoms in total. The lowest BCUT2D eigenvalue weighted by molar-refractivity contribution is -0.133. The second-order valence-corrected chi connectivity index (χ2v) is 7.24. The lowest BCUT2D eigenvalue weighted by atomic mass is 9.68. The number of aliphatic hydroxyl groups is 1. The number of carbonyl (C=O) groups is 1. The first-order valence-electron chi connectivity index (χ1n) is 8.30. The van der Waals surface area contributed by atoms with E-state index in [0.29, 0.717) is 11.3 Å². The number of amides is 1. The molecule has 0 radical (unpaired) electrons. The van der Waals surface area contributed by atoms with Crippen LogP contribution in [0.15, 0.2) is 0 Å². The van der Waals surface area contributed by atoms with E-state index >= 15 is 0 Å². The number of hydrogen-bond donors (Lipinski definition) is 2. The van der Waals surface area contributed by atoms with Crippen molar-refractivity contribution < 1.29 is 9.90 Å². The molecule has 0 spiro atoms. The van der Waals surface area contributed by atoms with Crippen molar-refractivity contribution in [1.29, 1.82) is 0 Å². The Labute approximate surface area is 124 Å². The molecule has 0 aromatic rings. The molecule has 0 aromatic carbocycles. The van der Waals surface area contributed by atoms with Crippen molar-refractivity contribution in [3.8, 4) is 0 Å². The average Bonchev–Trinajstić information content (AvgIpc) is 2.45. The van der Waals surface area contributed by atoms with Gasteiger partial charge in [-0.05, 0) is 36.5 Å². The molecule has 0 unspecified atom stereocenters. The smallest absolute Gasteiger partial charge is 0.249 e. The number of rotatable bonds is 6. The van der Waals surface area contributed by atoms with Crippen molar-refractivity contribution in [1.82, 2.24) is 5.32 Å². The van der Waals surface area contributed by atoms with Crippen molar-refractivity contribution in [3.05, 3.63) is 0 Å². The SMILES string of the molecule is CC[C@H](C)[C@H](O)C(=O)N[C@@H]1CCC[C@@H](C(C)(C)CC)C1. The molecule has 1 saturated carbocycles. The third kappa shape index (κ3) is 4.47. The normalized spacial score (nSPS) is 26.9. The van der Waals surface area contributed by atoms with E-state index in [0.717, 1.165) is 19.3 Å². The molecular formula is C17H33NO2. The van der Waals surface area contributed by atoms with Gasteiger partial charge in [-0.25, -0.2) is 0 Å². The van der Waals surface area contributed by atoms with Gasteiger partial charge in [0.15, 0.2) is 0 Å². The second-order valence-electron chi connectivity index (χ2n) is 7.24. The van der Waals surface area contributed by atoms with Gasteiger partial charge in [0.1, 0.15) is 6.10 Å². The summed E-state index contributed by atoms with van der Waals surface area (Å²) < 4.78 is 0. The summed E-state index contributed by atoms with van der Waals surface area (Å²) in [6, 6.07) is 0.241. The van der Waals surface area contributed by atoms with Crippen molar-refractivity contribution in [2.24, 2.45) is 17.3 Å². The molecule has 1 fully saturated rings. The zero-order chi connectivity index (χ0) is 15.3. The predicted molar refractivity (Wildman–Crippen MR) is 83.4 cm³/mol. The number of carbonyl (C=O) groups excluding carboxylic acids is 1. The van der Waals surface area contributed by atoms with E-state index in [2.05, 4.69) is 26.1 Å². The van der Waals surface area contributed by atoms with Gasteiger partial charge >= 0.3 is 0 Å². The standard InChI is InChI=1S/C17H33NO2/c1-6-12(3)15(19)16(20)18-14-10-8-9-13(11-14)17(4,5)7-2/h12-15,19H,6-11H2,1-5H3,(H,18,20)/t12-,13+,14+,15-/m0/s1. The zero-order valence-electron chi connectivity index (χ0n) is 13.9. The van der Waals surface area contributed by atoms with E-state index in [1.54, 1.807) is 0 Å². The van der Waals surface area contributed by atoms with Crippen LogP contribution in [0, 0.1) is 17.3 Å². The van der Waals surface area contributed by atoms with Gasteiger partial charge in [-0.15, -0.1) is 0 Å². The monoisotopic (exact) mass is 283 g/mol. The maximum atomic E-state index is 12.1. The summed E-state index contributed by atoms with van der Waals surface area (Å²) >= 11 is 0. The molecule has 1 rings (SSSR count). The van der Waals surface area contributed by atoms with Crippen LogP contribution in [0.25, 0.3) is 0 Å². The molecule has 4 atom stereocenters. The molecule has 0 bridgehead atoms. The fourth-order valence-corrected chi connectivity index (χ4v) is 3.09. The highest BCUT2D eigenvalue weighted by Gasteiger charge is 2.34. The Morgan fingerprint density at radius 3 is 2.55 bits per heavy atom. The summed E-state index contributed by atoms with van der Waals surface area (Å²) in [6.45, 7) is 10.8. The van der Waals surface area contributed by atoms with E-state index in [9.17, 15) is 9.90 Å². The van der Waals surface area contributed by atoms with Crippen LogP contribution in [0.5, 0.6) is 0 Å². The van der Waals surface area contributed by atoms with Gasteiger partial charge in [-0.3, -0.25) is 4.79 Å². The zero-order valence-corrected chi connectivity index (χ0v) is 13.9. The lowest BCUT2D eigenvalue weighted by Gasteiger charge is -2.40. The number of hydrogen-bond acceptors (Lipinski definition) is 2. The van der Waals surface area contributed by atoms with Crippen molar-refractivity contribution >= 4 is 5.91 Å². The highest BCUT2D eigenvalue weighted by Crippen LogP contribution is 2.40. The summed E-state index contributed by atoms with van der Waals surface area (Å²) in [5.74, 6) is 0.521. The van der Waals surface area contributed by atoms with Gasteiger partial charge in [-0.2, -0.15) is 0 Å². The molecule has 0 aromatic heterocycles. The van der Waals surface area contributed by atoms with Crippen LogP contribution in [0.4, 0.5) is 0 Å². The Bertz CT molecular complexity index is 314. The summed E-state index contributed by atoms with van der Waals surface area (Å²) in [5.41, 5.74) is 0.346. The van der Waals surface area contributed by atoms with E-state index in [1.807, 2.05) is 13.8 Å². The van der Waals surface area contributed by atoms with Crippen LogP contribution in [-0.4, -0.2) is 23.2 Å². The summed E-state index contributed by atoms with van der Waals surface area (Å²) in [5, 5.41) is 13.0. The maximum Gasteiger partial charge on any atom is 0.249 e. The molecule has 1 aliphatic carbocycles. The minimum Gasteiger partial charge on any atom is -0.383 e. The average molecular weight is 283 g/mol. The summed E-state index contributed by atoms with van der Waals surface area (Å²) in [6.07, 6.45) is 5.69. The van der Waals surface area contributed by atoms with Crippen LogP contribution in [0.2, 0.25) is 0 Å². The van der Waals surface area contributed by atoms with Crippen molar-refractivity contribution in [2.75, 3.05) is 0 Å². The quantitative estimate of drug-likeness (QED) is 0.784. The first kappa shape index (κ1) is 17.5. The van der Waals surface area contributed by atoms with Gasteiger partial charge < -0.3 is 10.4 Å². The molecule has 2 N–H and O–H groups in total. The highest BCUT2D eigenvalue weighted by molar-refractivity contribution is 5.81. The van der Waals surface area contributed by atoms with E-state index in [-0.39, 0.29) is 17.9 Å². The number of aliphatic hydroxyl groups excluding tert-OH is 1. The number of nitrogens with one attached hydrogen (secondary N) is 1. The summed E-state index contributed by atoms with van der Waals surface area (Å²) in [7, 11) is 0. The van der Waals surface area contributed by atoms with Crippen molar-refractivity contribution in [3.63, 3.8) is 0 Å². The van der Waals surface area contributed by atoms with Crippen LogP contribution in [0.1, 0.15) is 73.1 Å². The van der Waals surface area contributed by atoms with Gasteiger partial charge in [0, 0.05) is 6.04 Å². The van der Waals surface area contributed by atoms with Crippen LogP contribution in [0.3, 0.4) is 0 Å². The largest absolute Gasteiger partial charge is 0.383 e. The third-order valence-corrected chi connectivity index (χ3v) is 5.49. The molecule has 118 valence electrons. The van der Waals surface area contributed by atoms with E-state index in [1.165, 1.54) is 19.3 Å². The molecule has 0 aliphatic heterocycles. The Morgan fingerprint density at radius 2 is 2.00 bits per heavy atom. The predicted octanol–water partition coefficient (Wildman–Crippen LogP) is 3.50. The highest BCUT2D eigenvalue weighted by atomic mass is 16.3. The molecule has 0 saturated heterocycles. The Hall–Kier alpha value is -0.570. The topological polar surface area (TPSA) is 49.3 Å². The van der Waals surface area contributed by atoms with E-state index < -0.39 is 6.10 Å². The molecule has 20 heavy (non-hydrogen) atoms. The maximum absolute atomic E-state index is 12.1. The Balaban J connectivity index is 2.54. The fourth-order valence-electron chi connectivity index (χ4n) is 3.09. The Morgan fingerprint density at radius 1 is 1.35 bits per heavy atom. The molecule has 1 amide bonds. The minimum atomic E-state index is -0.862. The first-order chi connectivity index (χ1) is 9.31. The minimum absolute atomic E-state index is 0.0291. The van der Waals surface area contributed by atoms with Gasteiger partial charge in [0.25, 0.3) is 0 Å². The molecule has 0 heterocycles. The molecular weight excluding hydrogens is 250 g/mol. The summed E-state index contributed by atoms with van der Waals surface area (Å²) in [4.78, 5) is 12.1. The molecule has 3 heteroatoms. The van der Waals surface area contributed by atoms with Crippen molar-refractivity contribution in [2.45, 2.75) is 85.3 Å². The third-order valence-electron chi connectivity index (χ3n) is 5.49. The van der Waals surface area contributed by atoms with Gasteiger partial charge in [0.05, 0.1) is 0 Å². The second kappa shape index (κ2) is 7.44.